The zero-order valence-corrected chi connectivity index (χ0v) is 7.44. The van der Waals surface area contributed by atoms with Crippen molar-refractivity contribution < 1.29 is 9.32 Å². The average Bonchev–Trinajstić information content (AvgIpc) is 2.75. The van der Waals surface area contributed by atoms with E-state index in [1.807, 2.05) is 0 Å². The molecule has 0 aromatic carbocycles. The molecule has 0 saturated heterocycles. The fourth-order valence-electron chi connectivity index (χ4n) is 1.04. The molecule has 0 radical (unpaired) electrons. The maximum atomic E-state index is 11.5. The van der Waals surface area contributed by atoms with Crippen LogP contribution < -0.4 is 5.32 Å². The number of carbonyl (C=O) groups is 1. The zero-order chi connectivity index (χ0) is 9.97. The van der Waals surface area contributed by atoms with Crippen molar-refractivity contribution in [1.82, 2.24) is 15.4 Å². The monoisotopic (exact) mass is 192 g/mol. The van der Waals surface area contributed by atoms with Gasteiger partial charge in [-0.3, -0.25) is 9.89 Å². The standard InChI is InChI=1S/C8H8N4O2/c1-5-6(4-9-11-5)8(13)10-7-2-3-14-12-7/h2-4H,1H3,(H,9,11)(H,10,12,13). The minimum atomic E-state index is -0.259. The van der Waals surface area contributed by atoms with Gasteiger partial charge in [-0.25, -0.2) is 0 Å². The molecule has 0 aliphatic carbocycles. The van der Waals surface area contributed by atoms with Crippen LogP contribution in [-0.4, -0.2) is 21.3 Å². The number of nitrogens with one attached hydrogen (secondary N) is 2. The maximum absolute atomic E-state index is 11.5. The van der Waals surface area contributed by atoms with Crippen molar-refractivity contribution in [1.29, 1.82) is 0 Å². The molecule has 0 spiro atoms. The third kappa shape index (κ3) is 1.49. The van der Waals surface area contributed by atoms with Crippen molar-refractivity contribution in [3.8, 4) is 0 Å². The third-order valence-corrected chi connectivity index (χ3v) is 1.75. The lowest BCUT2D eigenvalue weighted by atomic mass is 10.2. The van der Waals surface area contributed by atoms with E-state index in [0.717, 1.165) is 0 Å². The first-order chi connectivity index (χ1) is 6.77. The second-order valence-corrected chi connectivity index (χ2v) is 2.75. The Labute approximate surface area is 79.3 Å². The number of H-pyrrole nitrogens is 1. The van der Waals surface area contributed by atoms with Gasteiger partial charge in [-0.05, 0) is 6.92 Å². The molecule has 0 saturated carbocycles. The number of nitrogens with zero attached hydrogens (tertiary/aromatic N) is 2. The molecule has 2 heterocycles. The summed E-state index contributed by atoms with van der Waals surface area (Å²) in [6.45, 7) is 1.77. The van der Waals surface area contributed by atoms with Gasteiger partial charge in [0.05, 0.1) is 11.8 Å². The van der Waals surface area contributed by atoms with E-state index in [1.165, 1.54) is 12.5 Å². The van der Waals surface area contributed by atoms with Crippen molar-refractivity contribution in [3.63, 3.8) is 0 Å². The molecule has 0 unspecified atom stereocenters. The Morgan fingerprint density at radius 1 is 1.64 bits per heavy atom. The van der Waals surface area contributed by atoms with Gasteiger partial charge in [0.2, 0.25) is 0 Å². The number of hydrogen-bond acceptors (Lipinski definition) is 4. The van der Waals surface area contributed by atoms with Crippen molar-refractivity contribution >= 4 is 11.7 Å². The molecule has 14 heavy (non-hydrogen) atoms. The maximum Gasteiger partial charge on any atom is 0.260 e. The SMILES string of the molecule is Cc1[nH]ncc1C(=O)Nc1ccon1. The van der Waals surface area contributed by atoms with Gasteiger partial charge in [-0.15, -0.1) is 0 Å². The first-order valence-electron chi connectivity index (χ1n) is 3.99. The molecule has 0 atom stereocenters. The number of aromatic amines is 1. The molecule has 6 heteroatoms. The van der Waals surface area contributed by atoms with E-state index in [4.69, 9.17) is 0 Å². The van der Waals surface area contributed by atoms with Crippen LogP contribution in [0.5, 0.6) is 0 Å². The molecule has 2 aromatic rings. The molecule has 1 amide bonds. The topological polar surface area (TPSA) is 83.8 Å². The second-order valence-electron chi connectivity index (χ2n) is 2.75. The lowest BCUT2D eigenvalue weighted by molar-refractivity contribution is 0.102. The Bertz CT molecular complexity index is 432. The Morgan fingerprint density at radius 3 is 3.07 bits per heavy atom. The van der Waals surface area contributed by atoms with Crippen molar-refractivity contribution in [2.24, 2.45) is 0 Å². The van der Waals surface area contributed by atoms with Crippen LogP contribution >= 0.6 is 0 Å². The summed E-state index contributed by atoms with van der Waals surface area (Å²) < 4.78 is 4.57. The molecule has 2 N–H and O–H groups in total. The van der Waals surface area contributed by atoms with Crippen LogP contribution in [0.4, 0.5) is 5.82 Å². The first-order valence-corrected chi connectivity index (χ1v) is 3.99. The van der Waals surface area contributed by atoms with Gasteiger partial charge in [0.1, 0.15) is 6.26 Å². The highest BCUT2D eigenvalue weighted by Crippen LogP contribution is 2.07. The predicted molar refractivity (Wildman–Crippen MR) is 47.8 cm³/mol. The number of anilines is 1. The van der Waals surface area contributed by atoms with Crippen LogP contribution in [0, 0.1) is 6.92 Å². The highest BCUT2D eigenvalue weighted by molar-refractivity contribution is 6.04. The summed E-state index contributed by atoms with van der Waals surface area (Å²) >= 11 is 0. The Balaban J connectivity index is 2.14. The minimum absolute atomic E-state index is 0.259. The molecule has 0 aliphatic rings. The summed E-state index contributed by atoms with van der Waals surface area (Å²) in [4.78, 5) is 11.5. The van der Waals surface area contributed by atoms with E-state index in [2.05, 4.69) is 25.2 Å². The molecular formula is C8H8N4O2. The van der Waals surface area contributed by atoms with E-state index >= 15 is 0 Å². The molecule has 0 bridgehead atoms. The molecule has 2 aromatic heterocycles. The smallest absolute Gasteiger partial charge is 0.260 e. The Hall–Kier alpha value is -2.11. The quantitative estimate of drug-likeness (QED) is 0.742. The van der Waals surface area contributed by atoms with Crippen molar-refractivity contribution in [2.75, 3.05) is 5.32 Å². The summed E-state index contributed by atoms with van der Waals surface area (Å²) in [6.07, 6.45) is 2.85. The van der Waals surface area contributed by atoms with Crippen molar-refractivity contribution in [3.05, 3.63) is 29.8 Å². The Morgan fingerprint density at radius 2 is 2.50 bits per heavy atom. The van der Waals surface area contributed by atoms with Crippen LogP contribution in [0.2, 0.25) is 0 Å². The number of hydrogen-bond donors (Lipinski definition) is 2. The fraction of sp³-hybridized carbons (Fsp3) is 0.125. The largest absolute Gasteiger partial charge is 0.363 e. The zero-order valence-electron chi connectivity index (χ0n) is 7.44. The van der Waals surface area contributed by atoms with E-state index in [-0.39, 0.29) is 5.91 Å². The van der Waals surface area contributed by atoms with E-state index in [0.29, 0.717) is 17.1 Å². The van der Waals surface area contributed by atoms with Crippen LogP contribution in [-0.2, 0) is 0 Å². The van der Waals surface area contributed by atoms with E-state index < -0.39 is 0 Å². The van der Waals surface area contributed by atoms with E-state index in [1.54, 1.807) is 13.0 Å². The number of rotatable bonds is 2. The summed E-state index contributed by atoms with van der Waals surface area (Å²) in [5.74, 6) is 0.126. The average molecular weight is 192 g/mol. The van der Waals surface area contributed by atoms with Crippen LogP contribution in [0.1, 0.15) is 16.1 Å². The van der Waals surface area contributed by atoms with Crippen molar-refractivity contribution in [2.45, 2.75) is 6.92 Å². The number of carbonyl (C=O) groups excluding carboxylic acids is 1. The third-order valence-electron chi connectivity index (χ3n) is 1.75. The van der Waals surface area contributed by atoms with Gasteiger partial charge in [-0.1, -0.05) is 5.16 Å². The van der Waals surface area contributed by atoms with Gasteiger partial charge in [0.15, 0.2) is 5.82 Å². The highest BCUT2D eigenvalue weighted by atomic mass is 16.5. The molecule has 6 nitrogen and oxygen atoms in total. The van der Waals surface area contributed by atoms with Crippen LogP contribution in [0.25, 0.3) is 0 Å². The van der Waals surface area contributed by atoms with Gasteiger partial charge < -0.3 is 9.84 Å². The lowest BCUT2D eigenvalue weighted by Crippen LogP contribution is -2.12. The van der Waals surface area contributed by atoms with Gasteiger partial charge in [-0.2, -0.15) is 5.10 Å². The summed E-state index contributed by atoms with van der Waals surface area (Å²) in [5.41, 5.74) is 1.21. The molecular weight excluding hydrogens is 184 g/mol. The lowest BCUT2D eigenvalue weighted by Gasteiger charge is -1.98. The molecule has 0 fully saturated rings. The summed E-state index contributed by atoms with van der Waals surface area (Å²) in [5, 5.41) is 12.5. The van der Waals surface area contributed by atoms with Gasteiger partial charge >= 0.3 is 0 Å². The van der Waals surface area contributed by atoms with E-state index in [9.17, 15) is 4.79 Å². The number of amides is 1. The minimum Gasteiger partial charge on any atom is -0.363 e. The summed E-state index contributed by atoms with van der Waals surface area (Å²) in [6, 6.07) is 1.56. The highest BCUT2D eigenvalue weighted by Gasteiger charge is 2.11. The predicted octanol–water partition coefficient (Wildman–Crippen LogP) is 0.958. The second kappa shape index (κ2) is 3.33. The Kier molecular flexibility index (Phi) is 2.02. The fourth-order valence-corrected chi connectivity index (χ4v) is 1.04. The van der Waals surface area contributed by atoms with Crippen LogP contribution in [0.15, 0.2) is 23.0 Å². The first kappa shape index (κ1) is 8.49. The molecule has 2 rings (SSSR count). The van der Waals surface area contributed by atoms with Crippen LogP contribution in [0.3, 0.4) is 0 Å². The number of aryl methyl sites for hydroxylation is 1. The molecule has 0 aliphatic heterocycles. The number of aromatic nitrogens is 3. The normalized spacial score (nSPS) is 10.1. The van der Waals surface area contributed by atoms with Gasteiger partial charge in [0.25, 0.3) is 5.91 Å². The molecule has 72 valence electrons. The summed E-state index contributed by atoms with van der Waals surface area (Å²) in [7, 11) is 0. The van der Waals surface area contributed by atoms with Gasteiger partial charge in [0, 0.05) is 11.8 Å².